The van der Waals surface area contributed by atoms with Gasteiger partial charge in [-0.05, 0) is 29.9 Å². The molecular formula is C17H24N2. The Balaban J connectivity index is 2.90. The molecule has 0 radical (unpaired) electrons. The van der Waals surface area contributed by atoms with E-state index in [-0.39, 0.29) is 5.41 Å². The first-order valence-electron chi connectivity index (χ1n) is 7.00. The summed E-state index contributed by atoms with van der Waals surface area (Å²) in [5.41, 5.74) is 6.24. The third kappa shape index (κ3) is 2.32. The summed E-state index contributed by atoms with van der Waals surface area (Å²) in [6.07, 6.45) is 1.00. The third-order valence-corrected chi connectivity index (χ3v) is 3.73. The number of nitrogens with zero attached hydrogens (tertiary/aromatic N) is 1. The molecule has 1 aromatic carbocycles. The van der Waals surface area contributed by atoms with Crippen molar-refractivity contribution in [1.29, 1.82) is 0 Å². The topological polar surface area (TPSA) is 24.9 Å². The van der Waals surface area contributed by atoms with Gasteiger partial charge in [0.05, 0.1) is 5.52 Å². The second kappa shape index (κ2) is 4.84. The van der Waals surface area contributed by atoms with E-state index in [9.17, 15) is 0 Å². The number of fused-ring (bicyclic) bond motifs is 1. The Hall–Kier alpha value is -1.57. The van der Waals surface area contributed by atoms with Gasteiger partial charge in [0.25, 0.3) is 0 Å². The molecule has 2 aromatic rings. The normalized spacial score (nSPS) is 11.9. The predicted molar refractivity (Wildman–Crippen MR) is 84.1 cm³/mol. The van der Waals surface area contributed by atoms with E-state index in [4.69, 9.17) is 4.98 Å². The van der Waals surface area contributed by atoms with Crippen molar-refractivity contribution in [3.8, 4) is 0 Å². The van der Waals surface area contributed by atoms with Crippen LogP contribution in [0.15, 0.2) is 18.2 Å². The van der Waals surface area contributed by atoms with E-state index in [0.717, 1.165) is 17.6 Å². The van der Waals surface area contributed by atoms with E-state index in [1.165, 1.54) is 22.2 Å². The molecule has 19 heavy (non-hydrogen) atoms. The molecular weight excluding hydrogens is 232 g/mol. The van der Waals surface area contributed by atoms with Crippen LogP contribution in [0.3, 0.4) is 0 Å². The number of nitrogens with one attached hydrogen (secondary N) is 1. The van der Waals surface area contributed by atoms with Crippen LogP contribution in [0.1, 0.15) is 44.5 Å². The number of para-hydroxylation sites is 1. The van der Waals surface area contributed by atoms with Gasteiger partial charge in [0.2, 0.25) is 0 Å². The number of hydrogen-bond acceptors (Lipinski definition) is 2. The molecule has 0 amide bonds. The van der Waals surface area contributed by atoms with Gasteiger partial charge >= 0.3 is 0 Å². The second-order valence-corrected chi connectivity index (χ2v) is 6.11. The molecule has 2 heteroatoms. The summed E-state index contributed by atoms with van der Waals surface area (Å²) in [6, 6.07) is 6.50. The van der Waals surface area contributed by atoms with Crippen LogP contribution in [0.5, 0.6) is 0 Å². The van der Waals surface area contributed by atoms with Crippen molar-refractivity contribution >= 4 is 16.6 Å². The van der Waals surface area contributed by atoms with E-state index >= 15 is 0 Å². The average molecular weight is 256 g/mol. The molecule has 1 aromatic heterocycles. The van der Waals surface area contributed by atoms with Crippen LogP contribution < -0.4 is 5.32 Å². The lowest BCUT2D eigenvalue weighted by Crippen LogP contribution is -2.13. The van der Waals surface area contributed by atoms with Crippen molar-refractivity contribution in [2.75, 3.05) is 12.4 Å². The van der Waals surface area contributed by atoms with E-state index in [0.29, 0.717) is 0 Å². The van der Waals surface area contributed by atoms with Crippen LogP contribution >= 0.6 is 0 Å². The first kappa shape index (κ1) is 13.9. The highest BCUT2D eigenvalue weighted by atomic mass is 14.8. The van der Waals surface area contributed by atoms with E-state index in [2.05, 4.69) is 58.1 Å². The smallest absolute Gasteiger partial charge is 0.0763 e. The Morgan fingerprint density at radius 1 is 1.21 bits per heavy atom. The summed E-state index contributed by atoms with van der Waals surface area (Å²) in [5.74, 6) is 0. The highest BCUT2D eigenvalue weighted by molar-refractivity contribution is 5.95. The van der Waals surface area contributed by atoms with Crippen molar-refractivity contribution < 1.29 is 0 Å². The lowest BCUT2D eigenvalue weighted by Gasteiger charge is -2.23. The fourth-order valence-corrected chi connectivity index (χ4v) is 2.77. The van der Waals surface area contributed by atoms with Crippen molar-refractivity contribution in [1.82, 2.24) is 4.98 Å². The Morgan fingerprint density at radius 3 is 2.42 bits per heavy atom. The maximum Gasteiger partial charge on any atom is 0.0763 e. The molecule has 0 aliphatic rings. The summed E-state index contributed by atoms with van der Waals surface area (Å²) in [6.45, 7) is 11.0. The molecule has 2 rings (SSSR count). The monoisotopic (exact) mass is 256 g/mol. The summed E-state index contributed by atoms with van der Waals surface area (Å²) >= 11 is 0. The molecule has 102 valence electrons. The zero-order valence-electron chi connectivity index (χ0n) is 12.9. The SMILES string of the molecule is CCc1c(C)nc2c(C(C)(C)C)cccc2c1NC. The standard InChI is InChI=1S/C17H24N2/c1-7-12-11(2)19-16-13(15(12)18-6)9-8-10-14(16)17(3,4)5/h8-10H,7H2,1-6H3,(H,18,19). The minimum Gasteiger partial charge on any atom is -0.387 e. The lowest BCUT2D eigenvalue weighted by molar-refractivity contribution is 0.594. The quantitative estimate of drug-likeness (QED) is 0.859. The molecule has 0 aliphatic heterocycles. The molecule has 1 N–H and O–H groups in total. The number of rotatable bonds is 2. The minimum absolute atomic E-state index is 0.109. The van der Waals surface area contributed by atoms with Gasteiger partial charge in [-0.3, -0.25) is 4.98 Å². The zero-order valence-corrected chi connectivity index (χ0v) is 12.9. The van der Waals surface area contributed by atoms with Crippen LogP contribution in [0.4, 0.5) is 5.69 Å². The molecule has 0 saturated heterocycles. The third-order valence-electron chi connectivity index (χ3n) is 3.73. The Morgan fingerprint density at radius 2 is 1.89 bits per heavy atom. The molecule has 1 heterocycles. The first-order chi connectivity index (χ1) is 8.90. The molecule has 2 nitrogen and oxygen atoms in total. The summed E-state index contributed by atoms with van der Waals surface area (Å²) in [5, 5.41) is 4.60. The Labute approximate surface area is 116 Å². The van der Waals surface area contributed by atoms with Crippen LogP contribution in [-0.4, -0.2) is 12.0 Å². The minimum atomic E-state index is 0.109. The van der Waals surface area contributed by atoms with Gasteiger partial charge in [-0.25, -0.2) is 0 Å². The predicted octanol–water partition coefficient (Wildman–Crippen LogP) is 4.44. The first-order valence-corrected chi connectivity index (χ1v) is 7.00. The van der Waals surface area contributed by atoms with Gasteiger partial charge in [0, 0.05) is 23.8 Å². The van der Waals surface area contributed by atoms with Gasteiger partial charge < -0.3 is 5.32 Å². The van der Waals surface area contributed by atoms with Gasteiger partial charge in [0.15, 0.2) is 0 Å². The Kier molecular flexibility index (Phi) is 3.53. The maximum absolute atomic E-state index is 4.88. The van der Waals surface area contributed by atoms with Crippen LogP contribution in [-0.2, 0) is 11.8 Å². The van der Waals surface area contributed by atoms with E-state index in [1.807, 2.05) is 7.05 Å². The molecule has 0 aliphatic carbocycles. The van der Waals surface area contributed by atoms with Gasteiger partial charge in [0.1, 0.15) is 0 Å². The summed E-state index contributed by atoms with van der Waals surface area (Å²) in [4.78, 5) is 4.88. The van der Waals surface area contributed by atoms with Crippen LogP contribution in [0.25, 0.3) is 10.9 Å². The summed E-state index contributed by atoms with van der Waals surface area (Å²) < 4.78 is 0. The van der Waals surface area contributed by atoms with Crippen molar-refractivity contribution in [3.05, 3.63) is 35.0 Å². The second-order valence-electron chi connectivity index (χ2n) is 6.11. The average Bonchev–Trinajstić information content (AvgIpc) is 2.35. The Bertz CT molecular complexity index is 607. The van der Waals surface area contributed by atoms with Gasteiger partial charge in [-0.1, -0.05) is 45.9 Å². The lowest BCUT2D eigenvalue weighted by atomic mass is 9.85. The number of aryl methyl sites for hydroxylation is 1. The van der Waals surface area contributed by atoms with E-state index in [1.54, 1.807) is 0 Å². The molecule has 0 bridgehead atoms. The number of anilines is 1. The number of benzene rings is 1. The largest absolute Gasteiger partial charge is 0.387 e. The highest BCUT2D eigenvalue weighted by Gasteiger charge is 2.20. The van der Waals surface area contributed by atoms with Crippen LogP contribution in [0.2, 0.25) is 0 Å². The highest BCUT2D eigenvalue weighted by Crippen LogP contribution is 2.34. The van der Waals surface area contributed by atoms with Crippen LogP contribution in [0, 0.1) is 6.92 Å². The van der Waals surface area contributed by atoms with Crippen molar-refractivity contribution in [3.63, 3.8) is 0 Å². The van der Waals surface area contributed by atoms with Crippen molar-refractivity contribution in [2.24, 2.45) is 0 Å². The maximum atomic E-state index is 4.88. The molecule has 0 unspecified atom stereocenters. The number of aromatic nitrogens is 1. The molecule has 0 fully saturated rings. The fraction of sp³-hybridized carbons (Fsp3) is 0.471. The number of hydrogen-bond donors (Lipinski definition) is 1. The number of pyridine rings is 1. The fourth-order valence-electron chi connectivity index (χ4n) is 2.77. The van der Waals surface area contributed by atoms with Gasteiger partial charge in [-0.2, -0.15) is 0 Å². The van der Waals surface area contributed by atoms with Gasteiger partial charge in [-0.15, -0.1) is 0 Å². The molecule has 0 saturated carbocycles. The van der Waals surface area contributed by atoms with Crippen molar-refractivity contribution in [2.45, 2.75) is 46.5 Å². The summed E-state index contributed by atoms with van der Waals surface area (Å²) in [7, 11) is 2.00. The van der Waals surface area contributed by atoms with E-state index < -0.39 is 0 Å². The zero-order chi connectivity index (χ0) is 14.2. The molecule has 0 atom stereocenters. The molecule has 0 spiro atoms.